The Hall–Kier alpha value is -1.63. The zero-order chi connectivity index (χ0) is 27.7. The van der Waals surface area contributed by atoms with Crippen molar-refractivity contribution in [2.75, 3.05) is 17.8 Å². The zero-order valence-electron chi connectivity index (χ0n) is 24.4. The van der Waals surface area contributed by atoms with Gasteiger partial charge in [-0.05, 0) is 42.0 Å². The number of ether oxygens (including phenoxy) is 1. The molecule has 1 heterocycles. The quantitative estimate of drug-likeness (QED) is 0.154. The molecule has 2 aromatic carbocycles. The molecular formula is C33H48BrClN2O2S. The lowest BCUT2D eigenvalue weighted by Crippen LogP contribution is -2.16. The van der Waals surface area contributed by atoms with Crippen LogP contribution in [-0.2, 0) is 17.8 Å². The van der Waals surface area contributed by atoms with E-state index >= 15 is 0 Å². The number of nitrogens with zero attached hydrogens (tertiary/aromatic N) is 1. The second-order valence-electron chi connectivity index (χ2n) is 10.7. The number of nitrogens with one attached hydrogen (secondary N) is 1. The van der Waals surface area contributed by atoms with E-state index in [0.717, 1.165) is 30.1 Å². The van der Waals surface area contributed by atoms with Crippen LogP contribution in [0.5, 0.6) is 5.75 Å². The number of rotatable bonds is 19. The number of para-hydroxylation sites is 1. The highest BCUT2D eigenvalue weighted by molar-refractivity contribution is 8.93. The lowest BCUT2D eigenvalue weighted by Gasteiger charge is -2.16. The molecule has 40 heavy (non-hydrogen) atoms. The molecule has 4 nitrogen and oxygen atoms in total. The molecule has 0 fully saturated rings. The van der Waals surface area contributed by atoms with Gasteiger partial charge in [0.25, 0.3) is 0 Å². The average Bonchev–Trinajstić information content (AvgIpc) is 3.32. The second-order valence-corrected chi connectivity index (χ2v) is 12.2. The van der Waals surface area contributed by atoms with Gasteiger partial charge in [0.15, 0.2) is 0 Å². The molecule has 3 rings (SSSR count). The Kier molecular flexibility index (Phi) is 17.5. The van der Waals surface area contributed by atoms with E-state index in [2.05, 4.69) is 36.3 Å². The first-order valence-electron chi connectivity index (χ1n) is 14.9. The molecule has 1 amide bonds. The maximum Gasteiger partial charge on any atom is 0.228 e. The van der Waals surface area contributed by atoms with Gasteiger partial charge in [0, 0.05) is 24.0 Å². The average molecular weight is 652 g/mol. The van der Waals surface area contributed by atoms with Crippen molar-refractivity contribution in [3.8, 4) is 5.75 Å². The highest BCUT2D eigenvalue weighted by Gasteiger charge is 2.14. The molecule has 0 spiro atoms. The minimum Gasteiger partial charge on any atom is -0.492 e. The first-order chi connectivity index (χ1) is 19.0. The second kappa shape index (κ2) is 20.3. The van der Waals surface area contributed by atoms with Crippen LogP contribution < -0.4 is 10.1 Å². The van der Waals surface area contributed by atoms with Gasteiger partial charge in [-0.15, -0.1) is 28.7 Å². The predicted molar refractivity (Wildman–Crippen MR) is 179 cm³/mol. The van der Waals surface area contributed by atoms with Crippen molar-refractivity contribution in [3.63, 3.8) is 0 Å². The summed E-state index contributed by atoms with van der Waals surface area (Å²) in [5.41, 5.74) is 2.81. The summed E-state index contributed by atoms with van der Waals surface area (Å²) >= 11 is 8.32. The van der Waals surface area contributed by atoms with E-state index in [0.29, 0.717) is 17.4 Å². The van der Waals surface area contributed by atoms with Crippen LogP contribution in [0.1, 0.15) is 102 Å². The molecule has 2 aromatic rings. The monoisotopic (exact) mass is 650 g/mol. The highest BCUT2D eigenvalue weighted by atomic mass is 79.9. The molecular weight excluding hydrogens is 604 g/mol. The Bertz CT molecular complexity index is 1050. The van der Waals surface area contributed by atoms with Gasteiger partial charge in [-0.2, -0.15) is 0 Å². The molecule has 222 valence electrons. The van der Waals surface area contributed by atoms with E-state index in [1.165, 1.54) is 81.1 Å². The predicted octanol–water partition coefficient (Wildman–Crippen LogP) is 10.5. The fourth-order valence-corrected chi connectivity index (χ4v) is 5.95. The summed E-state index contributed by atoms with van der Waals surface area (Å²) < 4.78 is 6.09. The maximum absolute atomic E-state index is 12.9. The largest absolute Gasteiger partial charge is 0.492 e. The molecule has 1 aliphatic rings. The van der Waals surface area contributed by atoms with Gasteiger partial charge < -0.3 is 15.0 Å². The fraction of sp³-hybridized carbons (Fsp3) is 0.545. The van der Waals surface area contributed by atoms with Gasteiger partial charge in [0.1, 0.15) is 5.75 Å². The SMILES string of the molecule is Br.CCCCCCCCCCCCCCOc1c(Cl)cccc1CC(=O)Nc1cccc(CN2C=C(C)SC2)c1. The van der Waals surface area contributed by atoms with Crippen molar-refractivity contribution in [1.29, 1.82) is 0 Å². The van der Waals surface area contributed by atoms with Gasteiger partial charge in [-0.1, -0.05) is 113 Å². The Morgan fingerprint density at radius 2 is 1.60 bits per heavy atom. The topological polar surface area (TPSA) is 41.6 Å². The van der Waals surface area contributed by atoms with Crippen LogP contribution in [0.4, 0.5) is 5.69 Å². The van der Waals surface area contributed by atoms with Gasteiger partial charge in [-0.3, -0.25) is 4.79 Å². The van der Waals surface area contributed by atoms with Crippen molar-refractivity contribution < 1.29 is 9.53 Å². The molecule has 0 unspecified atom stereocenters. The van der Waals surface area contributed by atoms with Crippen LogP contribution in [-0.4, -0.2) is 23.3 Å². The number of hydrogen-bond acceptors (Lipinski definition) is 4. The molecule has 1 aliphatic heterocycles. The number of hydrogen-bond donors (Lipinski definition) is 1. The number of carbonyl (C=O) groups is 1. The van der Waals surface area contributed by atoms with Crippen molar-refractivity contribution in [2.24, 2.45) is 0 Å². The van der Waals surface area contributed by atoms with Crippen LogP contribution in [0.2, 0.25) is 5.02 Å². The van der Waals surface area contributed by atoms with Crippen LogP contribution in [0.25, 0.3) is 0 Å². The molecule has 7 heteroatoms. The standard InChI is InChI=1S/C33H47ClN2O2S.BrH/c1-3-4-5-6-7-8-9-10-11-12-13-14-21-38-33-29(18-16-20-31(33)34)23-32(37)35-30-19-15-17-28(22-30)25-36-24-27(2)39-26-36;/h15-20,22,24H,3-14,21,23,25-26H2,1-2H3,(H,35,37);1H. The summed E-state index contributed by atoms with van der Waals surface area (Å²) in [6, 6.07) is 13.7. The van der Waals surface area contributed by atoms with Crippen molar-refractivity contribution in [3.05, 3.63) is 69.7 Å². The summed E-state index contributed by atoms with van der Waals surface area (Å²) in [4.78, 5) is 16.5. The molecule has 0 saturated carbocycles. The van der Waals surface area contributed by atoms with Gasteiger partial charge >= 0.3 is 0 Å². The van der Waals surface area contributed by atoms with Crippen molar-refractivity contribution >= 4 is 51.9 Å². The molecule has 0 aliphatic carbocycles. The van der Waals surface area contributed by atoms with E-state index in [-0.39, 0.29) is 29.3 Å². The molecule has 0 aromatic heterocycles. The van der Waals surface area contributed by atoms with Crippen LogP contribution >= 0.6 is 40.3 Å². The number of thioether (sulfide) groups is 1. The minimum atomic E-state index is -0.0721. The van der Waals surface area contributed by atoms with Gasteiger partial charge in [-0.25, -0.2) is 0 Å². The number of carbonyl (C=O) groups excluding carboxylic acids is 1. The Balaban J connectivity index is 0.00000560. The normalized spacial score (nSPS) is 12.7. The number of anilines is 1. The third-order valence-electron chi connectivity index (χ3n) is 7.06. The fourth-order valence-electron chi connectivity index (χ4n) is 4.94. The molecule has 1 N–H and O–H groups in total. The number of benzene rings is 2. The summed E-state index contributed by atoms with van der Waals surface area (Å²) in [6.45, 7) is 5.86. The van der Waals surface area contributed by atoms with E-state index in [1.807, 2.05) is 48.2 Å². The third-order valence-corrected chi connectivity index (χ3v) is 8.38. The van der Waals surface area contributed by atoms with Crippen molar-refractivity contribution in [1.82, 2.24) is 4.90 Å². The lowest BCUT2D eigenvalue weighted by molar-refractivity contribution is -0.115. The summed E-state index contributed by atoms with van der Waals surface area (Å²) in [6.07, 6.45) is 18.1. The Labute approximate surface area is 262 Å². The van der Waals surface area contributed by atoms with E-state index in [9.17, 15) is 4.79 Å². The van der Waals surface area contributed by atoms with Crippen molar-refractivity contribution in [2.45, 2.75) is 104 Å². The Morgan fingerprint density at radius 1 is 0.950 bits per heavy atom. The summed E-state index contributed by atoms with van der Waals surface area (Å²) in [5, 5.41) is 3.61. The molecule has 0 atom stereocenters. The summed E-state index contributed by atoms with van der Waals surface area (Å²) in [7, 11) is 0. The first kappa shape index (κ1) is 34.6. The van der Waals surface area contributed by atoms with E-state index < -0.39 is 0 Å². The lowest BCUT2D eigenvalue weighted by atomic mass is 10.1. The van der Waals surface area contributed by atoms with E-state index in [1.54, 1.807) is 0 Å². The first-order valence-corrected chi connectivity index (χ1v) is 16.3. The minimum absolute atomic E-state index is 0. The smallest absolute Gasteiger partial charge is 0.228 e. The van der Waals surface area contributed by atoms with Crippen LogP contribution in [0, 0.1) is 0 Å². The number of amides is 1. The van der Waals surface area contributed by atoms with Crippen LogP contribution in [0.3, 0.4) is 0 Å². The zero-order valence-corrected chi connectivity index (χ0v) is 27.7. The van der Waals surface area contributed by atoms with Gasteiger partial charge in [0.05, 0.1) is 23.9 Å². The number of allylic oxidation sites excluding steroid dienone is 1. The van der Waals surface area contributed by atoms with E-state index in [4.69, 9.17) is 16.3 Å². The molecule has 0 saturated heterocycles. The Morgan fingerprint density at radius 3 is 2.25 bits per heavy atom. The molecule has 0 radical (unpaired) electrons. The highest BCUT2D eigenvalue weighted by Crippen LogP contribution is 2.30. The molecule has 0 bridgehead atoms. The third kappa shape index (κ3) is 13.4. The number of unbranched alkanes of at least 4 members (excludes halogenated alkanes) is 11. The number of halogens is 2. The van der Waals surface area contributed by atoms with Gasteiger partial charge in [0.2, 0.25) is 5.91 Å². The maximum atomic E-state index is 12.9. The summed E-state index contributed by atoms with van der Waals surface area (Å²) in [5.74, 6) is 1.54. The van der Waals surface area contributed by atoms with Crippen LogP contribution in [0.15, 0.2) is 53.6 Å².